The maximum absolute atomic E-state index is 11.9. The van der Waals surface area contributed by atoms with Crippen molar-refractivity contribution in [3.05, 3.63) is 35.4 Å². The molecule has 1 aromatic rings. The van der Waals surface area contributed by atoms with Crippen LogP contribution in [-0.2, 0) is 14.3 Å². The van der Waals surface area contributed by atoms with Crippen molar-refractivity contribution < 1.29 is 19.1 Å². The summed E-state index contributed by atoms with van der Waals surface area (Å²) in [5.41, 5.74) is 1.50. The molecule has 4 heteroatoms. The van der Waals surface area contributed by atoms with Gasteiger partial charge in [0.1, 0.15) is 0 Å². The van der Waals surface area contributed by atoms with E-state index in [9.17, 15) is 9.59 Å². The summed E-state index contributed by atoms with van der Waals surface area (Å²) in [6.45, 7) is 3.40. The van der Waals surface area contributed by atoms with Gasteiger partial charge in [-0.2, -0.15) is 0 Å². The number of Topliss-reactive ketones (excluding diaryl/α,β-unsaturated/α-hetero) is 1. The summed E-state index contributed by atoms with van der Waals surface area (Å²) in [5, 5.41) is 0. The molecule has 0 spiro atoms. The standard InChI is InChI=1S/C15H18O4/c1-2-19-15(17)14(16)13-5-3-4-12(10-13)11-6-8-18-9-7-11/h3-5,10-11H,2,6-9H2,1H3. The number of rotatable bonds is 4. The summed E-state index contributed by atoms with van der Waals surface area (Å²) in [5.74, 6) is -0.953. The zero-order chi connectivity index (χ0) is 13.7. The van der Waals surface area contributed by atoms with Gasteiger partial charge in [0, 0.05) is 18.8 Å². The van der Waals surface area contributed by atoms with Gasteiger partial charge in [0.05, 0.1) is 6.61 Å². The van der Waals surface area contributed by atoms with E-state index in [1.54, 1.807) is 19.1 Å². The van der Waals surface area contributed by atoms with Crippen LogP contribution in [-0.4, -0.2) is 31.6 Å². The molecule has 1 aliphatic heterocycles. The number of ether oxygens (including phenoxy) is 2. The predicted octanol–water partition coefficient (Wildman–Crippen LogP) is 2.33. The van der Waals surface area contributed by atoms with E-state index >= 15 is 0 Å². The van der Waals surface area contributed by atoms with Crippen molar-refractivity contribution in [2.45, 2.75) is 25.7 Å². The number of ketones is 1. The minimum Gasteiger partial charge on any atom is -0.460 e. The molecule has 0 radical (unpaired) electrons. The van der Waals surface area contributed by atoms with Gasteiger partial charge in [-0.15, -0.1) is 0 Å². The number of hydrogen-bond donors (Lipinski definition) is 0. The summed E-state index contributed by atoms with van der Waals surface area (Å²) < 4.78 is 10.1. The van der Waals surface area contributed by atoms with Crippen LogP contribution in [0.4, 0.5) is 0 Å². The second kappa shape index (κ2) is 6.48. The van der Waals surface area contributed by atoms with Crippen LogP contribution in [0.15, 0.2) is 24.3 Å². The Kier molecular flexibility index (Phi) is 4.68. The Morgan fingerprint density at radius 1 is 1.32 bits per heavy atom. The Labute approximate surface area is 112 Å². The first-order valence-electron chi connectivity index (χ1n) is 6.61. The number of carbonyl (C=O) groups is 2. The molecule has 0 aliphatic carbocycles. The first-order chi connectivity index (χ1) is 9.22. The van der Waals surface area contributed by atoms with Gasteiger partial charge >= 0.3 is 5.97 Å². The van der Waals surface area contributed by atoms with Crippen LogP contribution in [0.1, 0.15) is 41.6 Å². The highest BCUT2D eigenvalue weighted by Crippen LogP contribution is 2.27. The Hall–Kier alpha value is -1.68. The zero-order valence-electron chi connectivity index (χ0n) is 11.1. The summed E-state index contributed by atoms with van der Waals surface area (Å²) in [6, 6.07) is 7.27. The number of carbonyl (C=O) groups excluding carboxylic acids is 2. The molecule has 0 amide bonds. The highest BCUT2D eigenvalue weighted by Gasteiger charge is 2.20. The average molecular weight is 262 g/mol. The molecule has 0 aromatic heterocycles. The Morgan fingerprint density at radius 3 is 2.74 bits per heavy atom. The second-order valence-corrected chi connectivity index (χ2v) is 4.56. The van der Waals surface area contributed by atoms with Gasteiger partial charge in [-0.25, -0.2) is 4.79 Å². The fourth-order valence-corrected chi connectivity index (χ4v) is 2.28. The van der Waals surface area contributed by atoms with Crippen LogP contribution in [0.25, 0.3) is 0 Å². The lowest BCUT2D eigenvalue weighted by Gasteiger charge is -2.22. The van der Waals surface area contributed by atoms with Crippen molar-refractivity contribution >= 4 is 11.8 Å². The molecule has 1 saturated heterocycles. The lowest BCUT2D eigenvalue weighted by molar-refractivity contribution is -0.137. The number of benzene rings is 1. The van der Waals surface area contributed by atoms with E-state index < -0.39 is 11.8 Å². The summed E-state index contributed by atoms with van der Waals surface area (Å²) in [4.78, 5) is 23.3. The van der Waals surface area contributed by atoms with Gasteiger partial charge in [0.25, 0.3) is 5.78 Å². The van der Waals surface area contributed by atoms with Crippen molar-refractivity contribution in [3.63, 3.8) is 0 Å². The minimum atomic E-state index is -0.786. The first kappa shape index (κ1) is 13.7. The van der Waals surface area contributed by atoms with Crippen molar-refractivity contribution in [1.29, 1.82) is 0 Å². The van der Waals surface area contributed by atoms with E-state index in [1.165, 1.54) is 0 Å². The second-order valence-electron chi connectivity index (χ2n) is 4.56. The van der Waals surface area contributed by atoms with Crippen LogP contribution >= 0.6 is 0 Å². The van der Waals surface area contributed by atoms with Crippen LogP contribution < -0.4 is 0 Å². The van der Waals surface area contributed by atoms with Crippen LogP contribution in [0, 0.1) is 0 Å². The van der Waals surface area contributed by atoms with E-state index in [2.05, 4.69) is 0 Å². The van der Waals surface area contributed by atoms with Crippen molar-refractivity contribution in [2.75, 3.05) is 19.8 Å². The highest BCUT2D eigenvalue weighted by atomic mass is 16.5. The molecule has 0 unspecified atom stereocenters. The van der Waals surface area contributed by atoms with Gasteiger partial charge in [-0.1, -0.05) is 18.2 Å². The van der Waals surface area contributed by atoms with Gasteiger partial charge in [-0.3, -0.25) is 4.79 Å². The predicted molar refractivity (Wildman–Crippen MR) is 70.2 cm³/mol. The number of esters is 1. The fourth-order valence-electron chi connectivity index (χ4n) is 2.28. The molecular weight excluding hydrogens is 244 g/mol. The molecule has 1 fully saturated rings. The minimum absolute atomic E-state index is 0.213. The van der Waals surface area contributed by atoms with Gasteiger partial charge in [-0.05, 0) is 37.3 Å². The van der Waals surface area contributed by atoms with Crippen LogP contribution in [0.5, 0.6) is 0 Å². The zero-order valence-corrected chi connectivity index (χ0v) is 11.1. The smallest absolute Gasteiger partial charge is 0.379 e. The molecule has 4 nitrogen and oxygen atoms in total. The molecule has 102 valence electrons. The molecule has 1 heterocycles. The van der Waals surface area contributed by atoms with E-state index in [0.717, 1.165) is 31.6 Å². The topological polar surface area (TPSA) is 52.6 Å². The molecule has 0 N–H and O–H groups in total. The van der Waals surface area contributed by atoms with Crippen molar-refractivity contribution in [1.82, 2.24) is 0 Å². The first-order valence-corrected chi connectivity index (χ1v) is 6.61. The maximum Gasteiger partial charge on any atom is 0.379 e. The number of hydrogen-bond acceptors (Lipinski definition) is 4. The normalized spacial score (nSPS) is 16.1. The van der Waals surface area contributed by atoms with E-state index in [1.807, 2.05) is 12.1 Å². The molecule has 0 atom stereocenters. The molecule has 0 bridgehead atoms. The molecule has 19 heavy (non-hydrogen) atoms. The third-order valence-electron chi connectivity index (χ3n) is 3.30. The molecule has 1 aliphatic rings. The van der Waals surface area contributed by atoms with Gasteiger partial charge < -0.3 is 9.47 Å². The van der Waals surface area contributed by atoms with Gasteiger partial charge in [0.15, 0.2) is 0 Å². The highest BCUT2D eigenvalue weighted by molar-refractivity contribution is 6.40. The van der Waals surface area contributed by atoms with E-state index in [0.29, 0.717) is 11.5 Å². The van der Waals surface area contributed by atoms with E-state index in [4.69, 9.17) is 9.47 Å². The third kappa shape index (κ3) is 3.41. The quantitative estimate of drug-likeness (QED) is 0.475. The molecule has 1 aromatic carbocycles. The maximum atomic E-state index is 11.9. The molecule has 2 rings (SSSR count). The summed E-state index contributed by atoms with van der Waals surface area (Å²) in [7, 11) is 0. The largest absolute Gasteiger partial charge is 0.460 e. The van der Waals surface area contributed by atoms with Crippen LogP contribution in [0.2, 0.25) is 0 Å². The van der Waals surface area contributed by atoms with E-state index in [-0.39, 0.29) is 6.61 Å². The lowest BCUT2D eigenvalue weighted by atomic mass is 9.90. The molecular formula is C15H18O4. The van der Waals surface area contributed by atoms with Crippen molar-refractivity contribution in [3.8, 4) is 0 Å². The Morgan fingerprint density at radius 2 is 2.05 bits per heavy atom. The monoisotopic (exact) mass is 262 g/mol. The van der Waals surface area contributed by atoms with Crippen molar-refractivity contribution in [2.24, 2.45) is 0 Å². The SMILES string of the molecule is CCOC(=O)C(=O)c1cccc(C2CCOCC2)c1. The Bertz CT molecular complexity index is 461. The van der Waals surface area contributed by atoms with Crippen LogP contribution in [0.3, 0.4) is 0 Å². The Balaban J connectivity index is 2.14. The van der Waals surface area contributed by atoms with Gasteiger partial charge in [0.2, 0.25) is 0 Å². The molecule has 0 saturated carbocycles. The average Bonchev–Trinajstić information content (AvgIpc) is 2.48. The summed E-state index contributed by atoms with van der Waals surface area (Å²) in [6.07, 6.45) is 1.91. The third-order valence-corrected chi connectivity index (χ3v) is 3.30. The lowest BCUT2D eigenvalue weighted by Crippen LogP contribution is -2.18. The summed E-state index contributed by atoms with van der Waals surface area (Å²) >= 11 is 0. The fraction of sp³-hybridized carbons (Fsp3) is 0.467.